The van der Waals surface area contributed by atoms with E-state index in [4.69, 9.17) is 15.1 Å². The van der Waals surface area contributed by atoms with E-state index in [9.17, 15) is 4.79 Å². The summed E-state index contributed by atoms with van der Waals surface area (Å²) in [6.07, 6.45) is 5.60. The van der Waals surface area contributed by atoms with E-state index in [1.54, 1.807) is 12.5 Å². The van der Waals surface area contributed by atoms with Crippen molar-refractivity contribution in [1.82, 2.24) is 14.9 Å². The summed E-state index contributed by atoms with van der Waals surface area (Å²) in [4.78, 5) is 25.8. The quantitative estimate of drug-likeness (QED) is 0.702. The van der Waals surface area contributed by atoms with Crippen molar-refractivity contribution in [3.05, 3.63) is 54.6 Å². The normalized spacial score (nSPS) is 15.3. The minimum atomic E-state index is -0.119. The molecule has 0 bridgehead atoms. The van der Waals surface area contributed by atoms with Crippen LogP contribution in [-0.2, 0) is 4.79 Å². The molecule has 0 spiro atoms. The molecule has 0 aliphatic carbocycles. The number of piperazine rings is 1. The summed E-state index contributed by atoms with van der Waals surface area (Å²) < 4.78 is 5.27. The van der Waals surface area contributed by atoms with Gasteiger partial charge in [-0.3, -0.25) is 4.79 Å². The highest BCUT2D eigenvalue weighted by atomic mass is 16.3. The molecule has 1 saturated heterocycles. The summed E-state index contributed by atoms with van der Waals surface area (Å²) in [5.41, 5.74) is 10.8. The van der Waals surface area contributed by atoms with Crippen LogP contribution < -0.4 is 10.6 Å². The largest absolute Gasteiger partial charge is 0.472 e. The zero-order valence-corrected chi connectivity index (χ0v) is 17.4. The predicted molar refractivity (Wildman–Crippen MR) is 117 cm³/mol. The number of furan rings is 1. The van der Waals surface area contributed by atoms with Gasteiger partial charge in [-0.15, -0.1) is 0 Å². The van der Waals surface area contributed by atoms with Crippen molar-refractivity contribution in [1.29, 1.82) is 0 Å². The van der Waals surface area contributed by atoms with E-state index in [2.05, 4.69) is 41.1 Å². The molecule has 30 heavy (non-hydrogen) atoms. The number of amides is 1. The van der Waals surface area contributed by atoms with Gasteiger partial charge in [0.2, 0.25) is 11.9 Å². The van der Waals surface area contributed by atoms with Crippen molar-refractivity contribution in [3.8, 4) is 22.4 Å². The Morgan fingerprint density at radius 1 is 1.13 bits per heavy atom. The molecule has 4 rings (SSSR count). The van der Waals surface area contributed by atoms with E-state index in [1.165, 1.54) is 5.56 Å². The third-order valence-corrected chi connectivity index (χ3v) is 5.35. The van der Waals surface area contributed by atoms with Gasteiger partial charge in [0, 0.05) is 61.5 Å². The monoisotopic (exact) mass is 405 g/mol. The van der Waals surface area contributed by atoms with E-state index in [-0.39, 0.29) is 11.9 Å². The SMILES string of the molecule is Cc1ccc(-c2nc(N3CCN(C(=O)C[C@H](C)N)CC3)ncc2-c2ccoc2)cc1. The molecule has 3 aromatic rings. The summed E-state index contributed by atoms with van der Waals surface area (Å²) in [6, 6.07) is 10.1. The Morgan fingerprint density at radius 2 is 1.87 bits per heavy atom. The number of aryl methyl sites for hydroxylation is 1. The molecule has 7 heteroatoms. The van der Waals surface area contributed by atoms with E-state index < -0.39 is 0 Å². The van der Waals surface area contributed by atoms with Crippen LogP contribution in [0.3, 0.4) is 0 Å². The van der Waals surface area contributed by atoms with Gasteiger partial charge in [0.15, 0.2) is 0 Å². The van der Waals surface area contributed by atoms with E-state index >= 15 is 0 Å². The topological polar surface area (TPSA) is 88.5 Å². The molecule has 1 amide bonds. The van der Waals surface area contributed by atoms with Gasteiger partial charge in [-0.2, -0.15) is 0 Å². The fourth-order valence-electron chi connectivity index (χ4n) is 3.65. The lowest BCUT2D eigenvalue weighted by Crippen LogP contribution is -2.50. The van der Waals surface area contributed by atoms with Gasteiger partial charge in [0.25, 0.3) is 0 Å². The van der Waals surface area contributed by atoms with Crippen LogP contribution in [-0.4, -0.2) is 53.0 Å². The number of anilines is 1. The molecule has 1 fully saturated rings. The van der Waals surface area contributed by atoms with Crippen LogP contribution in [0, 0.1) is 6.92 Å². The zero-order valence-electron chi connectivity index (χ0n) is 17.4. The highest BCUT2D eigenvalue weighted by molar-refractivity contribution is 5.80. The number of carbonyl (C=O) groups is 1. The number of carbonyl (C=O) groups excluding carboxylic acids is 1. The maximum atomic E-state index is 12.3. The first-order valence-corrected chi connectivity index (χ1v) is 10.3. The van der Waals surface area contributed by atoms with Crippen molar-refractivity contribution in [2.24, 2.45) is 5.73 Å². The maximum Gasteiger partial charge on any atom is 0.226 e. The zero-order chi connectivity index (χ0) is 21.1. The van der Waals surface area contributed by atoms with Crippen molar-refractivity contribution < 1.29 is 9.21 Å². The second kappa shape index (κ2) is 8.67. The Labute approximate surface area is 176 Å². The molecule has 1 aliphatic heterocycles. The van der Waals surface area contributed by atoms with Gasteiger partial charge in [0.1, 0.15) is 0 Å². The van der Waals surface area contributed by atoms with E-state index in [1.807, 2.05) is 24.1 Å². The van der Waals surface area contributed by atoms with Crippen molar-refractivity contribution in [2.45, 2.75) is 26.3 Å². The molecule has 0 unspecified atom stereocenters. The van der Waals surface area contributed by atoms with Crippen molar-refractivity contribution in [3.63, 3.8) is 0 Å². The van der Waals surface area contributed by atoms with Crippen LogP contribution in [0.2, 0.25) is 0 Å². The van der Waals surface area contributed by atoms with E-state index in [0.29, 0.717) is 38.5 Å². The van der Waals surface area contributed by atoms with Gasteiger partial charge < -0.3 is 20.0 Å². The Morgan fingerprint density at radius 3 is 2.50 bits per heavy atom. The third-order valence-electron chi connectivity index (χ3n) is 5.35. The number of hydrogen-bond acceptors (Lipinski definition) is 6. The van der Waals surface area contributed by atoms with Gasteiger partial charge in [0.05, 0.1) is 18.2 Å². The second-order valence-corrected chi connectivity index (χ2v) is 7.86. The number of nitrogens with two attached hydrogens (primary N) is 1. The molecule has 3 heterocycles. The van der Waals surface area contributed by atoms with Crippen molar-refractivity contribution in [2.75, 3.05) is 31.1 Å². The Balaban J connectivity index is 1.59. The second-order valence-electron chi connectivity index (χ2n) is 7.86. The number of rotatable bonds is 5. The molecular formula is C23H27N5O2. The molecule has 0 saturated carbocycles. The minimum absolute atomic E-state index is 0.112. The highest BCUT2D eigenvalue weighted by Gasteiger charge is 2.24. The van der Waals surface area contributed by atoms with Crippen molar-refractivity contribution >= 4 is 11.9 Å². The van der Waals surface area contributed by atoms with Crippen LogP contribution in [0.25, 0.3) is 22.4 Å². The molecule has 1 aliphatic rings. The van der Waals surface area contributed by atoms with E-state index in [0.717, 1.165) is 22.4 Å². The van der Waals surface area contributed by atoms with Gasteiger partial charge in [-0.1, -0.05) is 29.8 Å². The Kier molecular flexibility index (Phi) is 5.81. The van der Waals surface area contributed by atoms with Crippen LogP contribution in [0.1, 0.15) is 18.9 Å². The summed E-state index contributed by atoms with van der Waals surface area (Å²) in [5, 5.41) is 0. The summed E-state index contributed by atoms with van der Waals surface area (Å²) in [7, 11) is 0. The average molecular weight is 406 g/mol. The molecule has 2 aromatic heterocycles. The van der Waals surface area contributed by atoms with Gasteiger partial charge in [-0.05, 0) is 19.9 Å². The van der Waals surface area contributed by atoms with Gasteiger partial charge in [-0.25, -0.2) is 9.97 Å². The molecule has 2 N–H and O–H groups in total. The first-order chi connectivity index (χ1) is 14.5. The van der Waals surface area contributed by atoms with Crippen LogP contribution in [0.15, 0.2) is 53.5 Å². The summed E-state index contributed by atoms with van der Waals surface area (Å²) >= 11 is 0. The molecule has 1 atom stereocenters. The van der Waals surface area contributed by atoms with Gasteiger partial charge >= 0.3 is 0 Å². The smallest absolute Gasteiger partial charge is 0.226 e. The lowest BCUT2D eigenvalue weighted by atomic mass is 10.0. The third kappa shape index (κ3) is 4.36. The number of hydrogen-bond donors (Lipinski definition) is 1. The number of benzene rings is 1. The van der Waals surface area contributed by atoms with Crippen LogP contribution in [0.4, 0.5) is 5.95 Å². The predicted octanol–water partition coefficient (Wildman–Crippen LogP) is 3.10. The fourth-order valence-corrected chi connectivity index (χ4v) is 3.65. The minimum Gasteiger partial charge on any atom is -0.472 e. The number of nitrogens with zero attached hydrogens (tertiary/aromatic N) is 4. The first-order valence-electron chi connectivity index (χ1n) is 10.3. The van der Waals surface area contributed by atoms with Crippen LogP contribution in [0.5, 0.6) is 0 Å². The molecular weight excluding hydrogens is 378 g/mol. The lowest BCUT2D eigenvalue weighted by Gasteiger charge is -2.35. The average Bonchev–Trinajstić information content (AvgIpc) is 3.28. The fraction of sp³-hybridized carbons (Fsp3) is 0.348. The summed E-state index contributed by atoms with van der Waals surface area (Å²) in [5.74, 6) is 0.790. The molecule has 0 radical (unpaired) electrons. The lowest BCUT2D eigenvalue weighted by molar-refractivity contribution is -0.131. The maximum absolute atomic E-state index is 12.3. The molecule has 1 aromatic carbocycles. The highest BCUT2D eigenvalue weighted by Crippen LogP contribution is 2.32. The first kappa shape index (κ1) is 20.1. The Bertz CT molecular complexity index is 991. The Hall–Kier alpha value is -3.19. The van der Waals surface area contributed by atoms with Crippen LogP contribution >= 0.6 is 0 Å². The standard InChI is InChI=1S/C23H27N5O2/c1-16-3-5-18(6-4-16)22-20(19-7-12-30-15-19)14-25-23(26-22)28-10-8-27(9-11-28)21(29)13-17(2)24/h3-7,12,14-15,17H,8-11,13,24H2,1-2H3/t17-/m0/s1. The molecule has 7 nitrogen and oxygen atoms in total. The number of aromatic nitrogens is 2. The molecule has 156 valence electrons. The summed E-state index contributed by atoms with van der Waals surface area (Å²) in [6.45, 7) is 6.62.